The normalized spacial score (nSPS) is 9.88. The molecule has 0 aliphatic heterocycles. The maximum absolute atomic E-state index is 8.76. The van der Waals surface area contributed by atoms with Crippen molar-refractivity contribution < 1.29 is 26.7 Å². The highest BCUT2D eigenvalue weighted by molar-refractivity contribution is 5.05. The summed E-state index contributed by atoms with van der Waals surface area (Å²) in [6, 6.07) is 4.23. The molecule has 0 aliphatic rings. The fraction of sp³-hybridized carbons (Fsp3) is 0.615. The summed E-state index contributed by atoms with van der Waals surface area (Å²) in [6.45, 7) is 3.62. The molecule has 0 atom stereocenters. The summed E-state index contributed by atoms with van der Waals surface area (Å²) in [4.78, 5) is 0. The highest BCUT2D eigenvalue weighted by atomic mass is 79.9. The van der Waals surface area contributed by atoms with Gasteiger partial charge >= 0.3 is 0 Å². The van der Waals surface area contributed by atoms with Gasteiger partial charge < -0.3 is 22.1 Å². The molecule has 1 N–H and O–H groups in total. The number of aliphatic hydroxyl groups excluding tert-OH is 1. The van der Waals surface area contributed by atoms with Gasteiger partial charge in [0.15, 0.2) is 12.4 Å². The molecule has 92 valence electrons. The van der Waals surface area contributed by atoms with E-state index in [1.165, 1.54) is 24.8 Å². The van der Waals surface area contributed by atoms with Crippen LogP contribution in [0.25, 0.3) is 0 Å². The predicted molar refractivity (Wildman–Crippen MR) is 61.6 cm³/mol. The smallest absolute Gasteiger partial charge is 0.171 e. The van der Waals surface area contributed by atoms with E-state index in [1.807, 2.05) is 0 Å². The molecule has 0 saturated carbocycles. The van der Waals surface area contributed by atoms with E-state index in [4.69, 9.17) is 5.11 Å². The van der Waals surface area contributed by atoms with Crippen LogP contribution in [0.15, 0.2) is 24.5 Å². The van der Waals surface area contributed by atoms with E-state index in [1.54, 1.807) is 0 Å². The topological polar surface area (TPSA) is 24.1 Å². The van der Waals surface area contributed by atoms with E-state index in [0.717, 1.165) is 19.4 Å². The number of nitrogens with zero attached hydrogens (tertiary/aromatic N) is 1. The quantitative estimate of drug-likeness (QED) is 0.510. The van der Waals surface area contributed by atoms with E-state index < -0.39 is 0 Å². The average molecular weight is 288 g/mol. The van der Waals surface area contributed by atoms with Gasteiger partial charge in [-0.25, -0.2) is 4.57 Å². The van der Waals surface area contributed by atoms with Crippen LogP contribution in [0, 0.1) is 0 Å². The van der Waals surface area contributed by atoms with Crippen LogP contribution in [-0.2, 0) is 13.0 Å². The lowest BCUT2D eigenvalue weighted by atomic mass is 10.1. The zero-order valence-corrected chi connectivity index (χ0v) is 11.6. The van der Waals surface area contributed by atoms with Gasteiger partial charge in [-0.2, -0.15) is 0 Å². The van der Waals surface area contributed by atoms with E-state index in [0.29, 0.717) is 0 Å². The predicted octanol–water partition coefficient (Wildman–Crippen LogP) is -0.907. The van der Waals surface area contributed by atoms with Gasteiger partial charge in [-0.1, -0.05) is 13.3 Å². The van der Waals surface area contributed by atoms with Gasteiger partial charge in [-0.3, -0.25) is 0 Å². The van der Waals surface area contributed by atoms with Crippen molar-refractivity contribution in [2.24, 2.45) is 0 Å². The largest absolute Gasteiger partial charge is 1.00 e. The van der Waals surface area contributed by atoms with Crippen LogP contribution < -0.4 is 21.5 Å². The Kier molecular flexibility index (Phi) is 9.54. The van der Waals surface area contributed by atoms with Crippen LogP contribution in [0.1, 0.15) is 38.2 Å². The van der Waals surface area contributed by atoms with E-state index in [-0.39, 0.29) is 23.6 Å². The molecule has 1 rings (SSSR count). The van der Waals surface area contributed by atoms with Crippen LogP contribution in [0.5, 0.6) is 0 Å². The van der Waals surface area contributed by atoms with E-state index in [2.05, 4.69) is 36.0 Å². The van der Waals surface area contributed by atoms with Gasteiger partial charge in [-0.05, 0) is 25.3 Å². The Morgan fingerprint density at radius 2 is 2.06 bits per heavy atom. The van der Waals surface area contributed by atoms with E-state index >= 15 is 0 Å². The number of rotatable bonds is 7. The molecule has 0 amide bonds. The molecular formula is C13H22BrNO. The third-order valence-electron chi connectivity index (χ3n) is 2.56. The second kappa shape index (κ2) is 9.79. The van der Waals surface area contributed by atoms with Crippen molar-refractivity contribution in [3.63, 3.8) is 0 Å². The second-order valence-corrected chi connectivity index (χ2v) is 3.98. The Balaban J connectivity index is 0.00000225. The molecule has 1 aromatic rings. The molecular weight excluding hydrogens is 266 g/mol. The van der Waals surface area contributed by atoms with Crippen molar-refractivity contribution in [3.05, 3.63) is 30.1 Å². The molecule has 0 radical (unpaired) electrons. The fourth-order valence-corrected chi connectivity index (χ4v) is 1.69. The molecule has 3 heteroatoms. The van der Waals surface area contributed by atoms with Crippen molar-refractivity contribution >= 4 is 0 Å². The molecule has 2 nitrogen and oxygen atoms in total. The van der Waals surface area contributed by atoms with Crippen molar-refractivity contribution in [2.75, 3.05) is 6.61 Å². The number of halogens is 1. The summed E-state index contributed by atoms with van der Waals surface area (Å²) in [6.07, 6.45) is 9.98. The van der Waals surface area contributed by atoms with Crippen molar-refractivity contribution in [2.45, 2.75) is 45.6 Å². The minimum atomic E-state index is 0. The number of pyridine rings is 1. The zero-order valence-electron chi connectivity index (χ0n) is 10.0. The Hall–Kier alpha value is -0.410. The first-order chi connectivity index (χ1) is 7.36. The fourth-order valence-electron chi connectivity index (χ4n) is 1.69. The zero-order chi connectivity index (χ0) is 10.9. The molecule has 0 aromatic carbocycles. The maximum atomic E-state index is 8.76. The Morgan fingerprint density at radius 1 is 1.25 bits per heavy atom. The van der Waals surface area contributed by atoms with Crippen LogP contribution >= 0.6 is 0 Å². The first kappa shape index (κ1) is 15.6. The van der Waals surface area contributed by atoms with Crippen molar-refractivity contribution in [1.82, 2.24) is 0 Å². The van der Waals surface area contributed by atoms with Crippen LogP contribution in [0.2, 0.25) is 0 Å². The number of hydrogen-bond acceptors (Lipinski definition) is 1. The number of hydrogen-bond donors (Lipinski definition) is 1. The Morgan fingerprint density at radius 3 is 2.75 bits per heavy atom. The number of aliphatic hydroxyl groups is 1. The number of aromatic nitrogens is 1. The maximum Gasteiger partial charge on any atom is 0.171 e. The third-order valence-corrected chi connectivity index (χ3v) is 2.56. The Bertz CT molecular complexity index is 278. The first-order valence-corrected chi connectivity index (χ1v) is 5.95. The minimum Gasteiger partial charge on any atom is -1.00 e. The highest BCUT2D eigenvalue weighted by Gasteiger charge is 2.01. The summed E-state index contributed by atoms with van der Waals surface area (Å²) in [5.41, 5.74) is 1.32. The molecule has 0 bridgehead atoms. The molecule has 0 aliphatic carbocycles. The number of aryl methyl sites for hydroxylation is 2. The van der Waals surface area contributed by atoms with Crippen LogP contribution in [0.4, 0.5) is 0 Å². The van der Waals surface area contributed by atoms with Crippen molar-refractivity contribution in [1.29, 1.82) is 0 Å². The molecule has 1 heterocycles. The average Bonchev–Trinajstić information content (AvgIpc) is 2.27. The second-order valence-electron chi connectivity index (χ2n) is 3.98. The lowest BCUT2D eigenvalue weighted by molar-refractivity contribution is -0.697. The molecule has 0 unspecified atom stereocenters. The molecule has 16 heavy (non-hydrogen) atoms. The van der Waals surface area contributed by atoms with Crippen molar-refractivity contribution in [3.8, 4) is 0 Å². The Labute approximate surface area is 109 Å². The van der Waals surface area contributed by atoms with Gasteiger partial charge in [0.2, 0.25) is 0 Å². The number of unbranched alkanes of at least 4 members (excludes halogenated alkanes) is 2. The summed E-state index contributed by atoms with van der Waals surface area (Å²) >= 11 is 0. The molecule has 0 spiro atoms. The monoisotopic (exact) mass is 287 g/mol. The third kappa shape index (κ3) is 6.23. The van der Waals surface area contributed by atoms with E-state index in [9.17, 15) is 0 Å². The van der Waals surface area contributed by atoms with Gasteiger partial charge in [0.05, 0.1) is 0 Å². The summed E-state index contributed by atoms with van der Waals surface area (Å²) < 4.78 is 2.25. The van der Waals surface area contributed by atoms with Gasteiger partial charge in [0.1, 0.15) is 6.54 Å². The highest BCUT2D eigenvalue weighted by Crippen LogP contribution is 2.00. The molecule has 0 saturated heterocycles. The first-order valence-electron chi connectivity index (χ1n) is 5.95. The SMILES string of the molecule is CCCCC[n+]1cccc(CCCO)c1.[Br-]. The van der Waals surface area contributed by atoms with Gasteiger partial charge in [0.25, 0.3) is 0 Å². The molecule has 1 aromatic heterocycles. The molecule has 0 fully saturated rings. The minimum absolute atomic E-state index is 0. The van der Waals surface area contributed by atoms with Gasteiger partial charge in [0, 0.05) is 24.7 Å². The summed E-state index contributed by atoms with van der Waals surface area (Å²) in [7, 11) is 0. The lowest BCUT2D eigenvalue weighted by Gasteiger charge is -2.00. The van der Waals surface area contributed by atoms with Crippen LogP contribution in [0.3, 0.4) is 0 Å². The summed E-state index contributed by atoms with van der Waals surface area (Å²) in [5, 5.41) is 8.76. The van der Waals surface area contributed by atoms with Crippen LogP contribution in [-0.4, -0.2) is 11.7 Å². The lowest BCUT2D eigenvalue weighted by Crippen LogP contribution is -3.00. The summed E-state index contributed by atoms with van der Waals surface area (Å²) in [5.74, 6) is 0. The van der Waals surface area contributed by atoms with Gasteiger partial charge in [-0.15, -0.1) is 0 Å². The standard InChI is InChI=1S/C13H22NO.BrH/c1-2-3-4-9-14-10-5-7-13(12-14)8-6-11-15;/h5,7,10,12,15H,2-4,6,8-9,11H2,1H3;1H/q+1;/p-1.